The number of nitrogens with zero attached hydrogens (tertiary/aromatic N) is 5. The summed E-state index contributed by atoms with van der Waals surface area (Å²) in [5, 5.41) is 30.7. The van der Waals surface area contributed by atoms with Crippen LogP contribution in [-0.2, 0) is 12.8 Å². The van der Waals surface area contributed by atoms with Crippen molar-refractivity contribution in [2.75, 3.05) is 37.7 Å². The molecule has 0 amide bonds. The Bertz CT molecular complexity index is 2140. The molecular weight excluding hydrogens is 660 g/mol. The second-order valence-corrected chi connectivity index (χ2v) is 19.5. The van der Waals surface area contributed by atoms with Gasteiger partial charge in [-0.3, -0.25) is 0 Å². The molecule has 12 heteroatoms. The Kier molecular flexibility index (Phi) is 7.20. The number of aliphatic hydroxyl groups is 1. The van der Waals surface area contributed by atoms with E-state index in [0.29, 0.717) is 53.6 Å². The quantitative estimate of drug-likeness (QED) is 0.223. The molecule has 0 unspecified atom stereocenters. The Morgan fingerprint density at radius 3 is 2.44 bits per heavy atom. The number of carboxylic acids is 1. The van der Waals surface area contributed by atoms with Gasteiger partial charge in [0.2, 0.25) is 0 Å². The molecule has 1 aromatic heterocycles. The van der Waals surface area contributed by atoms with Crippen molar-refractivity contribution in [2.24, 2.45) is 17.8 Å². The van der Waals surface area contributed by atoms with Gasteiger partial charge in [0.15, 0.2) is 23.2 Å². The number of allylic oxidation sites excluding steroid dienone is 5. The standard InChI is InChI=1S/C38H38F3N5O3Si/c1-50(2)29-17-20(44-13-3-14-44)5-7-24(29)31(25-8-6-21(18-30(25)50)45-15-4-16-45)32-33(38(48)49)34(39)36(41)37(35(32)40)46-28-12-10-23-22(26(23)19-47)9-11-27(28)42-43-46/h5-8,17-18,22-23,26,47H,3-4,9-16,19H2,1-2H3/p+1/t22-,23+,26-/m1/s1. The zero-order valence-electron chi connectivity index (χ0n) is 28.1. The summed E-state index contributed by atoms with van der Waals surface area (Å²) >= 11 is 0. The second kappa shape index (κ2) is 11.4. The van der Waals surface area contributed by atoms with E-state index in [1.807, 2.05) is 24.3 Å². The highest BCUT2D eigenvalue weighted by molar-refractivity contribution is 6.98. The summed E-state index contributed by atoms with van der Waals surface area (Å²) in [6, 6.07) is 6.01. The molecule has 4 heterocycles. The number of anilines is 1. The SMILES string of the molecule is C[Si]1(C)C2=CC(=[N+]3CCC3)C=CC2=C(c2c(F)c(-n3nnc4c3CC[C@@H]3[C@H](CO)[C@@H]3CC4)c(F)c(F)c2C(=O)O)c2ccc(N3CCC3)cc21. The predicted octanol–water partition coefficient (Wildman–Crippen LogP) is 4.95. The van der Waals surface area contributed by atoms with E-state index in [0.717, 1.165) is 71.9 Å². The summed E-state index contributed by atoms with van der Waals surface area (Å²) in [5.74, 6) is -5.29. The number of carboxylic acid groups (broad SMARTS) is 1. The van der Waals surface area contributed by atoms with E-state index in [-0.39, 0.29) is 18.1 Å². The molecule has 8 nitrogen and oxygen atoms in total. The van der Waals surface area contributed by atoms with Crippen LogP contribution in [0, 0.1) is 35.2 Å². The van der Waals surface area contributed by atoms with Crippen molar-refractivity contribution in [2.45, 2.75) is 51.6 Å². The fourth-order valence-corrected chi connectivity index (χ4v) is 12.2. The van der Waals surface area contributed by atoms with Gasteiger partial charge in [-0.2, -0.15) is 0 Å². The number of aromatic carboxylic acids is 1. The molecule has 258 valence electrons. The van der Waals surface area contributed by atoms with Crippen molar-refractivity contribution < 1.29 is 32.8 Å². The molecule has 3 aliphatic carbocycles. The number of carbonyl (C=O) groups is 1. The lowest BCUT2D eigenvalue weighted by Crippen LogP contribution is -2.50. The van der Waals surface area contributed by atoms with Gasteiger partial charge in [-0.05, 0) is 95.2 Å². The van der Waals surface area contributed by atoms with Gasteiger partial charge in [-0.1, -0.05) is 24.4 Å². The third-order valence-electron chi connectivity index (χ3n) is 12.3. The van der Waals surface area contributed by atoms with Crippen molar-refractivity contribution in [1.29, 1.82) is 0 Å². The summed E-state index contributed by atoms with van der Waals surface area (Å²) in [6.07, 6.45) is 10.6. The van der Waals surface area contributed by atoms with Gasteiger partial charge in [0.1, 0.15) is 32.4 Å². The maximum Gasteiger partial charge on any atom is 0.339 e. The number of hydrogen-bond donors (Lipinski definition) is 2. The molecule has 0 bridgehead atoms. The van der Waals surface area contributed by atoms with Gasteiger partial charge in [-0.15, -0.1) is 5.10 Å². The first-order valence-electron chi connectivity index (χ1n) is 17.8. The van der Waals surface area contributed by atoms with Crippen molar-refractivity contribution in [3.05, 3.63) is 92.7 Å². The Morgan fingerprint density at radius 1 is 1.02 bits per heavy atom. The summed E-state index contributed by atoms with van der Waals surface area (Å²) in [5.41, 5.74) is 2.41. The normalized spacial score (nSPS) is 24.6. The first-order chi connectivity index (χ1) is 24.1. The minimum atomic E-state index is -2.49. The van der Waals surface area contributed by atoms with Gasteiger partial charge in [0.05, 0.1) is 17.8 Å². The van der Waals surface area contributed by atoms with Crippen LogP contribution < -0.4 is 10.1 Å². The van der Waals surface area contributed by atoms with E-state index in [1.165, 1.54) is 0 Å². The van der Waals surface area contributed by atoms with Crippen LogP contribution in [0.3, 0.4) is 0 Å². The smallest absolute Gasteiger partial charge is 0.339 e. The molecule has 0 radical (unpaired) electrons. The van der Waals surface area contributed by atoms with Crippen molar-refractivity contribution in [3.63, 3.8) is 0 Å². The zero-order chi connectivity index (χ0) is 34.6. The number of fused-ring (bicyclic) bond motifs is 4. The molecule has 1 saturated carbocycles. The maximum absolute atomic E-state index is 17.5. The van der Waals surface area contributed by atoms with Gasteiger partial charge >= 0.3 is 5.97 Å². The second-order valence-electron chi connectivity index (χ2n) is 15.1. The Morgan fingerprint density at radius 2 is 1.78 bits per heavy atom. The molecule has 3 fully saturated rings. The number of halogens is 3. The van der Waals surface area contributed by atoms with Crippen LogP contribution in [0.2, 0.25) is 13.1 Å². The largest absolute Gasteiger partial charge is 0.478 e. The van der Waals surface area contributed by atoms with Crippen LogP contribution in [0.25, 0.3) is 11.3 Å². The predicted molar refractivity (Wildman–Crippen MR) is 186 cm³/mol. The van der Waals surface area contributed by atoms with Gasteiger partial charge in [-0.25, -0.2) is 27.2 Å². The number of aromatic nitrogens is 3. The Balaban J connectivity index is 1.30. The molecule has 50 heavy (non-hydrogen) atoms. The van der Waals surface area contributed by atoms with Crippen LogP contribution in [0.15, 0.2) is 47.2 Å². The third kappa shape index (κ3) is 4.53. The molecule has 2 N–H and O–H groups in total. The van der Waals surface area contributed by atoms with Crippen LogP contribution in [0.1, 0.15) is 58.6 Å². The molecular formula is C38H39F3N5O3Si+. The van der Waals surface area contributed by atoms with E-state index in [4.69, 9.17) is 0 Å². The van der Waals surface area contributed by atoms with E-state index in [9.17, 15) is 15.0 Å². The van der Waals surface area contributed by atoms with Crippen molar-refractivity contribution in [1.82, 2.24) is 15.0 Å². The Labute approximate surface area is 288 Å². The first kappa shape index (κ1) is 31.7. The zero-order valence-corrected chi connectivity index (χ0v) is 29.1. The minimum absolute atomic E-state index is 0.0972. The summed E-state index contributed by atoms with van der Waals surface area (Å²) in [6.45, 7) is 8.31. The molecule has 3 aromatic rings. The van der Waals surface area contributed by atoms with Crippen LogP contribution in [-0.4, -0.2) is 82.3 Å². The third-order valence-corrected chi connectivity index (χ3v) is 15.8. The average Bonchev–Trinajstić information content (AvgIpc) is 3.56. The first-order valence-corrected chi connectivity index (χ1v) is 20.8. The summed E-state index contributed by atoms with van der Waals surface area (Å²) < 4.78 is 53.5. The fraction of sp³-hybridized carbons (Fsp3) is 0.421. The van der Waals surface area contributed by atoms with Crippen LogP contribution >= 0.6 is 0 Å². The van der Waals surface area contributed by atoms with E-state index >= 15 is 13.2 Å². The lowest BCUT2D eigenvalue weighted by atomic mass is 9.86. The highest BCUT2D eigenvalue weighted by Gasteiger charge is 2.49. The molecule has 2 aromatic carbocycles. The molecule has 6 aliphatic rings. The Hall–Kier alpha value is -4.29. The maximum atomic E-state index is 17.5. The summed E-state index contributed by atoms with van der Waals surface area (Å²) in [4.78, 5) is 15.2. The lowest BCUT2D eigenvalue weighted by Gasteiger charge is -2.40. The molecule has 9 rings (SSSR count). The van der Waals surface area contributed by atoms with Gasteiger partial charge in [0, 0.05) is 43.1 Å². The van der Waals surface area contributed by atoms with E-state index < -0.39 is 48.3 Å². The molecule has 2 saturated heterocycles. The van der Waals surface area contributed by atoms with Gasteiger partial charge < -0.3 is 15.1 Å². The molecule has 3 atom stereocenters. The molecule has 0 spiro atoms. The fourth-order valence-electron chi connectivity index (χ4n) is 9.12. The molecule has 3 aliphatic heterocycles. The number of aryl methyl sites for hydroxylation is 1. The topological polar surface area (TPSA) is 94.5 Å². The van der Waals surface area contributed by atoms with E-state index in [1.54, 1.807) is 0 Å². The average molecular weight is 699 g/mol. The van der Waals surface area contributed by atoms with Crippen molar-refractivity contribution in [3.8, 4) is 5.69 Å². The highest BCUT2D eigenvalue weighted by atomic mass is 28.3. The van der Waals surface area contributed by atoms with Gasteiger partial charge in [0.25, 0.3) is 0 Å². The number of hydrogen-bond acceptors (Lipinski definition) is 5. The van der Waals surface area contributed by atoms with Crippen molar-refractivity contribution >= 4 is 36.2 Å². The monoisotopic (exact) mass is 698 g/mol. The number of benzene rings is 2. The van der Waals surface area contributed by atoms with Crippen LogP contribution in [0.5, 0.6) is 0 Å². The van der Waals surface area contributed by atoms with Crippen LogP contribution in [0.4, 0.5) is 18.9 Å². The number of aliphatic hydroxyl groups excluding tert-OH is 1. The highest BCUT2D eigenvalue weighted by Crippen LogP contribution is 2.53. The number of rotatable bonds is 5. The minimum Gasteiger partial charge on any atom is -0.478 e. The van der Waals surface area contributed by atoms with E-state index in [2.05, 4.69) is 45.0 Å². The lowest BCUT2D eigenvalue weighted by molar-refractivity contribution is -0.582. The summed E-state index contributed by atoms with van der Waals surface area (Å²) in [7, 11) is -2.49.